The summed E-state index contributed by atoms with van der Waals surface area (Å²) in [4.78, 5) is 11.8. The molecule has 0 radical (unpaired) electrons. The Hall–Kier alpha value is -2.23. The molecule has 0 heterocycles. The lowest BCUT2D eigenvalue weighted by atomic mass is 9.94. The first-order valence-corrected chi connectivity index (χ1v) is 12.4. The number of carboxylic acids is 1. The number of aromatic carboxylic acids is 1. The molecule has 0 amide bonds. The fourth-order valence-electron chi connectivity index (χ4n) is 3.98. The van der Waals surface area contributed by atoms with Crippen molar-refractivity contribution in [3.8, 4) is 11.5 Å². The molecular weight excluding hydrogens is 400 g/mol. The topological polar surface area (TPSA) is 77.8 Å². The highest BCUT2D eigenvalue weighted by Gasteiger charge is 2.21. The summed E-state index contributed by atoms with van der Waals surface area (Å²) in [5, 5.41) is 30.8. The number of hydrogen-bond acceptors (Lipinski definition) is 3. The Labute approximate surface area is 195 Å². The van der Waals surface area contributed by atoms with Crippen molar-refractivity contribution in [3.63, 3.8) is 0 Å². The lowest BCUT2D eigenvalue weighted by Gasteiger charge is -2.14. The van der Waals surface area contributed by atoms with Gasteiger partial charge in [-0.1, -0.05) is 81.6 Å². The van der Waals surface area contributed by atoms with Gasteiger partial charge in [-0.25, -0.2) is 4.79 Å². The fourth-order valence-corrected chi connectivity index (χ4v) is 3.98. The van der Waals surface area contributed by atoms with Crippen molar-refractivity contribution in [1.82, 2.24) is 0 Å². The summed E-state index contributed by atoms with van der Waals surface area (Å²) in [6, 6.07) is 1.54. The predicted octanol–water partition coefficient (Wildman–Crippen LogP) is 8.10. The Morgan fingerprint density at radius 1 is 0.906 bits per heavy atom. The summed E-state index contributed by atoms with van der Waals surface area (Å²) in [7, 11) is 0. The zero-order chi connectivity index (χ0) is 23.9. The van der Waals surface area contributed by atoms with Crippen LogP contribution in [0.3, 0.4) is 0 Å². The Morgan fingerprint density at radius 2 is 1.50 bits per heavy atom. The molecule has 0 aliphatic rings. The van der Waals surface area contributed by atoms with Gasteiger partial charge in [0.05, 0.1) is 0 Å². The molecule has 4 nitrogen and oxygen atoms in total. The number of aryl methyl sites for hydroxylation is 1. The smallest absolute Gasteiger partial charge is 0.339 e. The van der Waals surface area contributed by atoms with Crippen LogP contribution in [0.1, 0.15) is 120 Å². The average Bonchev–Trinajstić information content (AvgIpc) is 2.71. The van der Waals surface area contributed by atoms with Crippen LogP contribution in [0.4, 0.5) is 0 Å². The van der Waals surface area contributed by atoms with E-state index in [9.17, 15) is 20.1 Å². The Balaban J connectivity index is 2.71. The molecule has 0 atom stereocenters. The molecular formula is C28H44O4. The van der Waals surface area contributed by atoms with E-state index in [2.05, 4.69) is 26.8 Å². The van der Waals surface area contributed by atoms with E-state index in [1.807, 2.05) is 13.0 Å². The third-order valence-corrected chi connectivity index (χ3v) is 5.97. The van der Waals surface area contributed by atoms with E-state index in [-0.39, 0.29) is 17.1 Å². The van der Waals surface area contributed by atoms with Gasteiger partial charge < -0.3 is 15.3 Å². The molecule has 0 aliphatic heterocycles. The normalized spacial score (nSPS) is 11.6. The number of carboxylic acid groups (broad SMARTS) is 1. The number of carbonyl (C=O) groups is 1. The van der Waals surface area contributed by atoms with Crippen LogP contribution < -0.4 is 0 Å². The van der Waals surface area contributed by atoms with Gasteiger partial charge >= 0.3 is 5.97 Å². The highest BCUT2D eigenvalue weighted by Crippen LogP contribution is 2.35. The molecule has 180 valence electrons. The zero-order valence-electron chi connectivity index (χ0n) is 20.7. The minimum absolute atomic E-state index is 0.0215. The lowest BCUT2D eigenvalue weighted by molar-refractivity contribution is 0.0692. The molecule has 1 aromatic carbocycles. The van der Waals surface area contributed by atoms with Gasteiger partial charge in [-0.3, -0.25) is 0 Å². The molecule has 0 aliphatic carbocycles. The van der Waals surface area contributed by atoms with E-state index in [1.165, 1.54) is 50.2 Å². The van der Waals surface area contributed by atoms with E-state index in [4.69, 9.17) is 0 Å². The Bertz CT molecular complexity index is 770. The van der Waals surface area contributed by atoms with Gasteiger partial charge in [-0.15, -0.1) is 0 Å². The predicted molar refractivity (Wildman–Crippen MR) is 134 cm³/mol. The van der Waals surface area contributed by atoms with Crippen LogP contribution in [0.5, 0.6) is 11.5 Å². The fraction of sp³-hybridized carbons (Fsp3) is 0.607. The maximum atomic E-state index is 11.8. The van der Waals surface area contributed by atoms with E-state index >= 15 is 0 Å². The molecule has 1 aromatic rings. The molecule has 32 heavy (non-hydrogen) atoms. The van der Waals surface area contributed by atoms with Crippen LogP contribution in [0.25, 0.3) is 0 Å². The maximum Gasteiger partial charge on any atom is 0.339 e. The van der Waals surface area contributed by atoms with E-state index in [0.717, 1.165) is 37.7 Å². The molecule has 0 saturated heterocycles. The number of rotatable bonds is 16. The molecule has 0 spiro atoms. The second-order valence-corrected chi connectivity index (χ2v) is 9.22. The maximum absolute atomic E-state index is 11.8. The third kappa shape index (κ3) is 10.4. The number of aromatic hydroxyl groups is 2. The van der Waals surface area contributed by atoms with Gasteiger partial charge in [0.15, 0.2) is 0 Å². The summed E-state index contributed by atoms with van der Waals surface area (Å²) in [5.41, 5.74) is 3.18. The molecule has 0 unspecified atom stereocenters. The summed E-state index contributed by atoms with van der Waals surface area (Å²) < 4.78 is 0. The summed E-state index contributed by atoms with van der Waals surface area (Å²) in [5.74, 6) is -1.46. The summed E-state index contributed by atoms with van der Waals surface area (Å²) in [6.07, 6.45) is 17.5. The van der Waals surface area contributed by atoms with Crippen molar-refractivity contribution in [1.29, 1.82) is 0 Å². The largest absolute Gasteiger partial charge is 0.508 e. The van der Waals surface area contributed by atoms with Gasteiger partial charge in [0.2, 0.25) is 0 Å². The molecule has 0 bridgehead atoms. The number of phenolic OH excluding ortho intramolecular Hbond substituents is 1. The van der Waals surface area contributed by atoms with Gasteiger partial charge in [-0.05, 0) is 64.5 Å². The van der Waals surface area contributed by atoms with Crippen LogP contribution in [0.2, 0.25) is 0 Å². The quantitative estimate of drug-likeness (QED) is 0.178. The first-order valence-electron chi connectivity index (χ1n) is 12.4. The molecule has 4 heteroatoms. The van der Waals surface area contributed by atoms with Crippen molar-refractivity contribution in [2.45, 2.75) is 111 Å². The lowest BCUT2D eigenvalue weighted by Crippen LogP contribution is -2.06. The van der Waals surface area contributed by atoms with Crippen molar-refractivity contribution >= 4 is 5.97 Å². The molecule has 0 aromatic heterocycles. The number of unbranched alkanes of at least 4 members (excludes halogenated alkanes) is 8. The number of hydrogen-bond donors (Lipinski definition) is 3. The minimum Gasteiger partial charge on any atom is -0.508 e. The van der Waals surface area contributed by atoms with Crippen LogP contribution in [-0.4, -0.2) is 21.3 Å². The molecule has 3 N–H and O–H groups in total. The van der Waals surface area contributed by atoms with Crippen molar-refractivity contribution in [3.05, 3.63) is 46.1 Å². The monoisotopic (exact) mass is 444 g/mol. The highest BCUT2D eigenvalue weighted by atomic mass is 16.4. The molecule has 0 fully saturated rings. The van der Waals surface area contributed by atoms with Crippen molar-refractivity contribution < 1.29 is 20.1 Å². The third-order valence-electron chi connectivity index (χ3n) is 5.97. The number of allylic oxidation sites excluding steroid dienone is 4. The van der Waals surface area contributed by atoms with Crippen LogP contribution in [0.15, 0.2) is 29.4 Å². The van der Waals surface area contributed by atoms with E-state index < -0.39 is 5.97 Å². The zero-order valence-corrected chi connectivity index (χ0v) is 20.7. The van der Waals surface area contributed by atoms with Crippen LogP contribution >= 0.6 is 0 Å². The van der Waals surface area contributed by atoms with Crippen LogP contribution in [0, 0.1) is 0 Å². The van der Waals surface area contributed by atoms with Crippen molar-refractivity contribution in [2.75, 3.05) is 0 Å². The highest BCUT2D eigenvalue weighted by molar-refractivity contribution is 5.93. The van der Waals surface area contributed by atoms with Gasteiger partial charge in [0, 0.05) is 5.56 Å². The van der Waals surface area contributed by atoms with Crippen molar-refractivity contribution in [2.24, 2.45) is 0 Å². The second-order valence-electron chi connectivity index (χ2n) is 9.22. The van der Waals surface area contributed by atoms with Gasteiger partial charge in [-0.2, -0.15) is 0 Å². The molecule has 1 rings (SSSR count). The first kappa shape index (κ1) is 27.8. The minimum atomic E-state index is -1.14. The van der Waals surface area contributed by atoms with E-state index in [0.29, 0.717) is 24.0 Å². The van der Waals surface area contributed by atoms with Crippen LogP contribution in [-0.2, 0) is 12.8 Å². The Morgan fingerprint density at radius 3 is 2.06 bits per heavy atom. The average molecular weight is 445 g/mol. The van der Waals surface area contributed by atoms with E-state index in [1.54, 1.807) is 0 Å². The summed E-state index contributed by atoms with van der Waals surface area (Å²) >= 11 is 0. The summed E-state index contributed by atoms with van der Waals surface area (Å²) in [6.45, 7) is 8.37. The molecule has 0 saturated carbocycles. The SMILES string of the molecule is CCCCCCCCCCCc1cc(O)c(C/C=C(\C)CCC=C(C)C)c(O)c1C(=O)O. The van der Waals surface area contributed by atoms with Gasteiger partial charge in [0.25, 0.3) is 0 Å². The number of phenols is 2. The van der Waals surface area contributed by atoms with Gasteiger partial charge in [0.1, 0.15) is 17.1 Å². The number of benzene rings is 1. The standard InChI is InChI=1S/C28H44O4/c1-5-6-7-8-9-10-11-12-13-17-23-20-25(29)24(27(30)26(23)28(31)32)19-18-22(4)16-14-15-21(2)3/h15,18,20,29-30H,5-14,16-17,19H2,1-4H3,(H,31,32)/b22-18+. The second kappa shape index (κ2) is 15.6. The first-order chi connectivity index (χ1) is 15.3. The Kier molecular flexibility index (Phi) is 13.5.